The third-order valence-electron chi connectivity index (χ3n) is 7.07. The quantitative estimate of drug-likeness (QED) is 0.606. The van der Waals surface area contributed by atoms with E-state index < -0.39 is 5.54 Å². The lowest BCUT2D eigenvalue weighted by Crippen LogP contribution is -2.50. The van der Waals surface area contributed by atoms with Crippen molar-refractivity contribution in [2.75, 3.05) is 33.4 Å². The van der Waals surface area contributed by atoms with Gasteiger partial charge in [0.05, 0.1) is 12.0 Å². The molecule has 1 saturated carbocycles. The zero-order valence-corrected chi connectivity index (χ0v) is 18.7. The van der Waals surface area contributed by atoms with E-state index in [9.17, 15) is 4.79 Å². The van der Waals surface area contributed by atoms with Gasteiger partial charge >= 0.3 is 0 Å². The van der Waals surface area contributed by atoms with Gasteiger partial charge in [-0.05, 0) is 71.8 Å². The van der Waals surface area contributed by atoms with Crippen molar-refractivity contribution < 1.29 is 23.5 Å². The molecule has 0 N–H and O–H groups in total. The van der Waals surface area contributed by atoms with Crippen LogP contribution in [0.5, 0.6) is 0 Å². The molecule has 7 nitrogen and oxygen atoms in total. The van der Waals surface area contributed by atoms with Crippen molar-refractivity contribution in [3.05, 3.63) is 17.5 Å². The van der Waals surface area contributed by atoms with Gasteiger partial charge in [0.25, 0.3) is 0 Å². The predicted octanol–water partition coefficient (Wildman–Crippen LogP) is 3.46. The summed E-state index contributed by atoms with van der Waals surface area (Å²) in [7, 11) is 2.04. The molecule has 2 saturated heterocycles. The average molecular weight is 421 g/mol. The SMILES string of the molecule is CN(CC1CCOCC1)C(C)(C)C(=O)Cc1cc(C2(OC3CCCCO3)CC2)no1. The van der Waals surface area contributed by atoms with E-state index >= 15 is 0 Å². The van der Waals surface area contributed by atoms with Gasteiger partial charge in [0, 0.05) is 32.4 Å². The van der Waals surface area contributed by atoms with E-state index in [1.165, 1.54) is 0 Å². The van der Waals surface area contributed by atoms with Gasteiger partial charge in [-0.2, -0.15) is 0 Å². The molecule has 0 amide bonds. The lowest BCUT2D eigenvalue weighted by atomic mass is 9.91. The van der Waals surface area contributed by atoms with Crippen LogP contribution in [0.2, 0.25) is 0 Å². The van der Waals surface area contributed by atoms with E-state index in [1.807, 2.05) is 27.0 Å². The van der Waals surface area contributed by atoms with Gasteiger partial charge in [0.2, 0.25) is 0 Å². The second-order valence-corrected chi connectivity index (χ2v) is 9.68. The zero-order valence-electron chi connectivity index (χ0n) is 18.7. The summed E-state index contributed by atoms with van der Waals surface area (Å²) in [6, 6.07) is 1.91. The molecule has 1 aromatic rings. The van der Waals surface area contributed by atoms with E-state index in [-0.39, 0.29) is 24.1 Å². The molecule has 0 aromatic carbocycles. The highest BCUT2D eigenvalue weighted by Crippen LogP contribution is 2.50. The van der Waals surface area contributed by atoms with Crippen molar-refractivity contribution in [1.29, 1.82) is 0 Å². The zero-order chi connectivity index (χ0) is 21.2. The number of ketones is 1. The number of hydrogen-bond acceptors (Lipinski definition) is 7. The van der Waals surface area contributed by atoms with Gasteiger partial charge in [-0.3, -0.25) is 9.69 Å². The molecule has 0 radical (unpaired) electrons. The normalized spacial score (nSPS) is 24.9. The van der Waals surface area contributed by atoms with Crippen LogP contribution in [0.15, 0.2) is 10.6 Å². The van der Waals surface area contributed by atoms with E-state index in [1.54, 1.807) is 0 Å². The Labute approximate surface area is 179 Å². The minimum Gasteiger partial charge on any atom is -0.381 e. The van der Waals surface area contributed by atoms with Gasteiger partial charge in [-0.15, -0.1) is 0 Å². The van der Waals surface area contributed by atoms with E-state index in [0.29, 0.717) is 11.7 Å². The first-order valence-electron chi connectivity index (χ1n) is 11.5. The van der Waals surface area contributed by atoms with Crippen molar-refractivity contribution in [3.8, 4) is 0 Å². The summed E-state index contributed by atoms with van der Waals surface area (Å²) < 4.78 is 23.0. The number of hydrogen-bond donors (Lipinski definition) is 0. The number of carbonyl (C=O) groups is 1. The van der Waals surface area contributed by atoms with Crippen LogP contribution in [-0.2, 0) is 31.0 Å². The molecule has 1 atom stereocenters. The van der Waals surface area contributed by atoms with E-state index in [0.717, 1.165) is 77.0 Å². The minimum atomic E-state index is -0.561. The number of Topliss-reactive ketones (excluding diaryl/α,β-unsaturated/α-hetero) is 1. The fraction of sp³-hybridized carbons (Fsp3) is 0.826. The van der Waals surface area contributed by atoms with Crippen LogP contribution in [0, 0.1) is 5.92 Å². The molecule has 1 aliphatic carbocycles. The Bertz CT molecular complexity index is 715. The Kier molecular flexibility index (Phi) is 6.63. The van der Waals surface area contributed by atoms with E-state index in [4.69, 9.17) is 18.7 Å². The minimum absolute atomic E-state index is 0.140. The first-order chi connectivity index (χ1) is 14.4. The molecule has 1 unspecified atom stereocenters. The Morgan fingerprint density at radius 1 is 1.23 bits per heavy atom. The molecule has 1 aromatic heterocycles. The standard InChI is InChI=1S/C23H36N2O5/c1-22(2,25(3)16-17-7-12-27-13-8-17)20(26)15-18-14-19(24-30-18)23(9-10-23)29-21-6-4-5-11-28-21/h14,17,21H,4-13,15-16H2,1-3H3. The monoisotopic (exact) mass is 420 g/mol. The number of rotatable bonds is 9. The van der Waals surface area contributed by atoms with Gasteiger partial charge in [0.1, 0.15) is 17.1 Å². The lowest BCUT2D eigenvalue weighted by molar-refractivity contribution is -0.201. The van der Waals surface area contributed by atoms with Crippen molar-refractivity contribution in [2.45, 2.75) is 82.6 Å². The Balaban J connectivity index is 1.33. The topological polar surface area (TPSA) is 74.0 Å². The van der Waals surface area contributed by atoms with Crippen molar-refractivity contribution in [1.82, 2.24) is 10.1 Å². The first-order valence-corrected chi connectivity index (χ1v) is 11.5. The number of aromatic nitrogens is 1. The van der Waals surface area contributed by atoms with Crippen LogP contribution in [-0.4, -0.2) is 61.1 Å². The molecular formula is C23H36N2O5. The summed E-state index contributed by atoms with van der Waals surface area (Å²) in [4.78, 5) is 15.3. The summed E-state index contributed by atoms with van der Waals surface area (Å²) in [5, 5.41) is 4.25. The maximum atomic E-state index is 13.1. The van der Waals surface area contributed by atoms with Crippen LogP contribution in [0.4, 0.5) is 0 Å². The highest BCUT2D eigenvalue weighted by molar-refractivity contribution is 5.89. The van der Waals surface area contributed by atoms with Crippen LogP contribution in [0.1, 0.15) is 70.2 Å². The molecule has 4 rings (SSSR count). The van der Waals surface area contributed by atoms with Gasteiger partial charge in [0.15, 0.2) is 12.1 Å². The summed E-state index contributed by atoms with van der Waals surface area (Å²) in [6.07, 6.45) is 7.23. The Morgan fingerprint density at radius 2 is 2.00 bits per heavy atom. The maximum Gasteiger partial charge on any atom is 0.160 e. The Hall–Kier alpha value is -1.28. The van der Waals surface area contributed by atoms with Gasteiger partial charge in [-0.1, -0.05) is 5.16 Å². The summed E-state index contributed by atoms with van der Waals surface area (Å²) >= 11 is 0. The average Bonchev–Trinajstić information content (AvgIpc) is 3.37. The van der Waals surface area contributed by atoms with Crippen LogP contribution in [0.3, 0.4) is 0 Å². The molecule has 3 heterocycles. The molecule has 0 bridgehead atoms. The number of ether oxygens (including phenoxy) is 3. The van der Waals surface area contributed by atoms with Gasteiger partial charge < -0.3 is 18.7 Å². The maximum absolute atomic E-state index is 13.1. The third-order valence-corrected chi connectivity index (χ3v) is 7.07. The molecular weight excluding hydrogens is 384 g/mol. The number of nitrogens with zero attached hydrogens (tertiary/aromatic N) is 2. The molecule has 0 spiro atoms. The first kappa shape index (κ1) is 21.9. The fourth-order valence-corrected chi connectivity index (χ4v) is 4.35. The molecule has 2 aliphatic heterocycles. The summed E-state index contributed by atoms with van der Waals surface area (Å²) in [5.41, 5.74) is -0.148. The van der Waals surface area contributed by atoms with Crippen LogP contribution < -0.4 is 0 Å². The summed E-state index contributed by atoms with van der Waals surface area (Å²) in [5.74, 6) is 1.34. The van der Waals surface area contributed by atoms with Crippen molar-refractivity contribution in [2.24, 2.45) is 5.92 Å². The van der Waals surface area contributed by atoms with Crippen molar-refractivity contribution in [3.63, 3.8) is 0 Å². The highest BCUT2D eigenvalue weighted by atomic mass is 16.7. The lowest BCUT2D eigenvalue weighted by Gasteiger charge is -2.37. The largest absolute Gasteiger partial charge is 0.381 e. The van der Waals surface area contributed by atoms with Gasteiger partial charge in [-0.25, -0.2) is 0 Å². The summed E-state index contributed by atoms with van der Waals surface area (Å²) in [6.45, 7) is 7.31. The third kappa shape index (κ3) is 4.96. The van der Waals surface area contributed by atoms with E-state index in [2.05, 4.69) is 10.1 Å². The van der Waals surface area contributed by atoms with Crippen molar-refractivity contribution >= 4 is 5.78 Å². The van der Waals surface area contributed by atoms with Crippen LogP contribution in [0.25, 0.3) is 0 Å². The second-order valence-electron chi connectivity index (χ2n) is 9.68. The van der Waals surface area contributed by atoms with Crippen LogP contribution >= 0.6 is 0 Å². The molecule has 3 fully saturated rings. The number of likely N-dealkylation sites (N-methyl/N-ethyl adjacent to an activating group) is 1. The molecule has 7 heteroatoms. The Morgan fingerprint density at radius 3 is 2.67 bits per heavy atom. The number of carbonyl (C=O) groups excluding carboxylic acids is 1. The predicted molar refractivity (Wildman–Crippen MR) is 111 cm³/mol. The fourth-order valence-electron chi connectivity index (χ4n) is 4.35. The molecule has 168 valence electrons. The molecule has 3 aliphatic rings. The highest BCUT2D eigenvalue weighted by Gasteiger charge is 2.50. The molecule has 30 heavy (non-hydrogen) atoms. The second kappa shape index (κ2) is 9.07. The smallest absolute Gasteiger partial charge is 0.160 e.